The van der Waals surface area contributed by atoms with Gasteiger partial charge in [-0.25, -0.2) is 9.29 Å². The third kappa shape index (κ3) is 4.57. The van der Waals surface area contributed by atoms with Crippen molar-refractivity contribution in [2.75, 3.05) is 4.90 Å². The third-order valence-corrected chi connectivity index (χ3v) is 6.88. The molecule has 0 atom stereocenters. The number of aromatic nitrogens is 1. The first-order chi connectivity index (χ1) is 17.4. The number of anilines is 1. The van der Waals surface area contributed by atoms with Gasteiger partial charge in [-0.1, -0.05) is 36.4 Å². The number of para-hydroxylation sites is 1. The van der Waals surface area contributed by atoms with E-state index in [-0.39, 0.29) is 23.6 Å². The number of aryl methyl sites for hydroxylation is 1. The first-order valence-electron chi connectivity index (χ1n) is 11.4. The molecule has 1 fully saturated rings. The molecule has 4 aromatic rings. The Hall–Kier alpha value is -4.10. The van der Waals surface area contributed by atoms with E-state index in [1.165, 1.54) is 11.0 Å². The van der Waals surface area contributed by atoms with Gasteiger partial charge in [-0.05, 0) is 85.8 Å². The smallest absolute Gasteiger partial charge is 0.298 e. The van der Waals surface area contributed by atoms with Gasteiger partial charge in [0, 0.05) is 22.6 Å². The lowest BCUT2D eigenvalue weighted by atomic mass is 10.2. The van der Waals surface area contributed by atoms with Crippen LogP contribution in [0.5, 0.6) is 5.75 Å². The first-order valence-corrected chi connectivity index (χ1v) is 12.2. The van der Waals surface area contributed by atoms with Crippen molar-refractivity contribution in [1.82, 2.24) is 4.57 Å². The molecule has 0 radical (unpaired) electrons. The van der Waals surface area contributed by atoms with Crippen LogP contribution in [0.3, 0.4) is 0 Å². The predicted molar refractivity (Wildman–Crippen MR) is 141 cm³/mol. The van der Waals surface area contributed by atoms with E-state index in [4.69, 9.17) is 4.74 Å². The van der Waals surface area contributed by atoms with Crippen molar-refractivity contribution in [3.05, 3.63) is 118 Å². The summed E-state index contributed by atoms with van der Waals surface area (Å²) in [7, 11) is 0. The summed E-state index contributed by atoms with van der Waals surface area (Å²) in [4.78, 5) is 27.1. The summed E-state index contributed by atoms with van der Waals surface area (Å²) < 4.78 is 21.7. The van der Waals surface area contributed by atoms with E-state index in [9.17, 15) is 14.0 Å². The minimum Gasteiger partial charge on any atom is -0.489 e. The second kappa shape index (κ2) is 9.87. The molecule has 7 heteroatoms. The molecule has 0 N–H and O–H groups in total. The molecule has 2 heterocycles. The average Bonchev–Trinajstić information content (AvgIpc) is 3.32. The van der Waals surface area contributed by atoms with Crippen molar-refractivity contribution < 1.29 is 18.7 Å². The van der Waals surface area contributed by atoms with Crippen molar-refractivity contribution in [2.45, 2.75) is 20.5 Å². The topological polar surface area (TPSA) is 51.5 Å². The fourth-order valence-electron chi connectivity index (χ4n) is 4.21. The number of ether oxygens (including phenoxy) is 1. The molecule has 1 saturated heterocycles. The molecule has 0 bridgehead atoms. The number of carbonyl (C=O) groups excluding carboxylic acids is 2. The summed E-state index contributed by atoms with van der Waals surface area (Å²) in [6.07, 6.45) is 1.78. The Morgan fingerprint density at radius 3 is 2.31 bits per heavy atom. The van der Waals surface area contributed by atoms with Crippen molar-refractivity contribution in [3.8, 4) is 11.4 Å². The molecule has 0 spiro atoms. The van der Waals surface area contributed by atoms with E-state index in [0.717, 1.165) is 34.4 Å². The molecule has 0 saturated carbocycles. The SMILES string of the molecule is Cc1cc(/C=C2/SC(=O)N(c3ccccc3)C2=O)c(C)n1-c1ccc(OCc2ccccc2F)cc1. The number of rotatable bonds is 6. The van der Waals surface area contributed by atoms with Gasteiger partial charge >= 0.3 is 0 Å². The number of carbonyl (C=O) groups is 2. The van der Waals surface area contributed by atoms with E-state index < -0.39 is 0 Å². The Kier molecular flexibility index (Phi) is 6.48. The summed E-state index contributed by atoms with van der Waals surface area (Å²) in [5, 5.41) is -0.308. The Labute approximate surface area is 212 Å². The fraction of sp³-hybridized carbons (Fsp3) is 0.103. The van der Waals surface area contributed by atoms with Crippen LogP contribution in [-0.2, 0) is 11.4 Å². The molecule has 0 unspecified atom stereocenters. The lowest BCUT2D eigenvalue weighted by Crippen LogP contribution is -2.27. The van der Waals surface area contributed by atoms with E-state index in [2.05, 4.69) is 4.57 Å². The van der Waals surface area contributed by atoms with Crippen molar-refractivity contribution in [1.29, 1.82) is 0 Å². The van der Waals surface area contributed by atoms with E-state index in [1.54, 1.807) is 48.5 Å². The van der Waals surface area contributed by atoms with E-state index in [0.29, 0.717) is 21.9 Å². The normalized spacial score (nSPS) is 14.6. The minimum atomic E-state index is -0.322. The molecular weight excluding hydrogens is 475 g/mol. The molecule has 0 aliphatic carbocycles. The molecule has 180 valence electrons. The van der Waals surface area contributed by atoms with Gasteiger partial charge in [-0.3, -0.25) is 9.59 Å². The fourth-order valence-corrected chi connectivity index (χ4v) is 5.04. The Morgan fingerprint density at radius 2 is 1.58 bits per heavy atom. The van der Waals surface area contributed by atoms with Gasteiger partial charge < -0.3 is 9.30 Å². The standard InChI is InChI=1S/C29H23FN2O3S/c1-19-16-22(17-27-28(33)32(29(34)36-27)23-9-4-3-5-10-23)20(2)31(19)24-12-14-25(15-13-24)35-18-21-8-6-7-11-26(21)30/h3-17H,18H2,1-2H3/b27-17+. The van der Waals surface area contributed by atoms with Crippen LogP contribution in [0.25, 0.3) is 11.8 Å². The number of hydrogen-bond donors (Lipinski definition) is 0. The first kappa shape index (κ1) is 23.6. The van der Waals surface area contributed by atoms with Gasteiger partial charge in [0.05, 0.1) is 10.6 Å². The molecule has 1 aliphatic heterocycles. The van der Waals surface area contributed by atoms with Crippen LogP contribution in [-0.4, -0.2) is 15.7 Å². The second-order valence-corrected chi connectivity index (χ2v) is 9.38. The minimum absolute atomic E-state index is 0.149. The van der Waals surface area contributed by atoms with Crippen molar-refractivity contribution in [2.24, 2.45) is 0 Å². The lowest BCUT2D eigenvalue weighted by molar-refractivity contribution is -0.113. The van der Waals surface area contributed by atoms with Crippen molar-refractivity contribution >= 4 is 34.7 Å². The van der Waals surface area contributed by atoms with Gasteiger partial charge in [-0.15, -0.1) is 0 Å². The van der Waals surface area contributed by atoms with Crippen LogP contribution < -0.4 is 9.64 Å². The number of imide groups is 1. The highest BCUT2D eigenvalue weighted by atomic mass is 32.2. The third-order valence-electron chi connectivity index (χ3n) is 6.01. The Balaban J connectivity index is 1.36. The zero-order valence-corrected chi connectivity index (χ0v) is 20.6. The number of hydrogen-bond acceptors (Lipinski definition) is 4. The quantitative estimate of drug-likeness (QED) is 0.267. The van der Waals surface area contributed by atoms with Crippen LogP contribution in [0.2, 0.25) is 0 Å². The highest BCUT2D eigenvalue weighted by Gasteiger charge is 2.36. The maximum atomic E-state index is 13.8. The summed E-state index contributed by atoms with van der Waals surface area (Å²) in [5.41, 5.74) is 4.79. The van der Waals surface area contributed by atoms with Gasteiger partial charge in [0.1, 0.15) is 18.2 Å². The number of nitrogens with zero attached hydrogens (tertiary/aromatic N) is 2. The maximum absolute atomic E-state index is 13.8. The summed E-state index contributed by atoms with van der Waals surface area (Å²) in [5.74, 6) is 0.0264. The van der Waals surface area contributed by atoms with Gasteiger partial charge in [-0.2, -0.15) is 0 Å². The zero-order valence-electron chi connectivity index (χ0n) is 19.8. The Bertz CT molecular complexity index is 1480. The van der Waals surface area contributed by atoms with Crippen LogP contribution >= 0.6 is 11.8 Å². The van der Waals surface area contributed by atoms with Gasteiger partial charge in [0.2, 0.25) is 0 Å². The number of thioether (sulfide) groups is 1. The molecule has 1 aliphatic rings. The number of halogens is 1. The molecule has 36 heavy (non-hydrogen) atoms. The number of amides is 2. The molecule has 3 aromatic carbocycles. The molecule has 5 nitrogen and oxygen atoms in total. The van der Waals surface area contributed by atoms with E-state index >= 15 is 0 Å². The average molecular weight is 499 g/mol. The second-order valence-electron chi connectivity index (χ2n) is 8.39. The molecular formula is C29H23FN2O3S. The highest BCUT2D eigenvalue weighted by Crippen LogP contribution is 2.36. The van der Waals surface area contributed by atoms with Gasteiger partial charge in [0.15, 0.2) is 0 Å². The maximum Gasteiger partial charge on any atom is 0.298 e. The summed E-state index contributed by atoms with van der Waals surface area (Å²) in [6, 6.07) is 25.0. The van der Waals surface area contributed by atoms with Crippen LogP contribution in [0, 0.1) is 19.7 Å². The van der Waals surface area contributed by atoms with Crippen LogP contribution in [0.15, 0.2) is 89.8 Å². The largest absolute Gasteiger partial charge is 0.489 e. The van der Waals surface area contributed by atoms with Crippen molar-refractivity contribution in [3.63, 3.8) is 0 Å². The highest BCUT2D eigenvalue weighted by molar-refractivity contribution is 8.19. The summed E-state index contributed by atoms with van der Waals surface area (Å²) in [6.45, 7) is 4.11. The molecule has 2 amide bonds. The zero-order chi connectivity index (χ0) is 25.2. The molecule has 1 aromatic heterocycles. The molecule has 5 rings (SSSR count). The van der Waals surface area contributed by atoms with E-state index in [1.807, 2.05) is 50.2 Å². The van der Waals surface area contributed by atoms with Crippen LogP contribution in [0.4, 0.5) is 14.9 Å². The lowest BCUT2D eigenvalue weighted by Gasteiger charge is -2.12. The number of benzene rings is 3. The van der Waals surface area contributed by atoms with Crippen LogP contribution in [0.1, 0.15) is 22.5 Å². The monoisotopic (exact) mass is 498 g/mol. The Morgan fingerprint density at radius 1 is 0.889 bits per heavy atom. The predicted octanol–water partition coefficient (Wildman–Crippen LogP) is 7.05. The summed E-state index contributed by atoms with van der Waals surface area (Å²) >= 11 is 0.944. The van der Waals surface area contributed by atoms with Gasteiger partial charge in [0.25, 0.3) is 11.1 Å².